The third-order valence-electron chi connectivity index (χ3n) is 2.98. The van der Waals surface area contributed by atoms with Crippen LogP contribution >= 0.6 is 0 Å². The number of aryl methyl sites for hydroxylation is 1. The normalized spacial score (nSPS) is 32.9. The average molecular weight is 241 g/mol. The summed E-state index contributed by atoms with van der Waals surface area (Å²) in [4.78, 5) is 13.7. The van der Waals surface area contributed by atoms with Crippen molar-refractivity contribution in [3.63, 3.8) is 0 Å². The Balaban J connectivity index is 2.28. The second-order valence-corrected chi connectivity index (χ2v) is 4.20. The van der Waals surface area contributed by atoms with E-state index >= 15 is 0 Å². The van der Waals surface area contributed by atoms with Gasteiger partial charge in [-0.15, -0.1) is 0 Å². The van der Waals surface area contributed by atoms with Gasteiger partial charge in [-0.1, -0.05) is 0 Å². The lowest BCUT2D eigenvalue weighted by atomic mass is 10.0. The molecule has 1 aromatic heterocycles. The fraction of sp³-hybridized carbons (Fsp3) is 0.545. The topological polar surface area (TPSA) is 103 Å². The minimum absolute atomic E-state index is 0.208. The van der Waals surface area contributed by atoms with Gasteiger partial charge in [0.25, 0.3) is 5.56 Å². The van der Waals surface area contributed by atoms with Gasteiger partial charge >= 0.3 is 0 Å². The van der Waals surface area contributed by atoms with Crippen LogP contribution in [0, 0.1) is 6.92 Å². The maximum absolute atomic E-state index is 11.2. The van der Waals surface area contributed by atoms with Crippen molar-refractivity contribution >= 4 is 0 Å². The number of hydrogen-bond donors (Lipinski definition) is 4. The van der Waals surface area contributed by atoms with Gasteiger partial charge in [0.05, 0.1) is 6.61 Å². The van der Waals surface area contributed by atoms with Crippen molar-refractivity contribution in [2.24, 2.45) is 0 Å². The lowest BCUT2D eigenvalue weighted by Gasteiger charge is -2.14. The van der Waals surface area contributed by atoms with Gasteiger partial charge in [0.2, 0.25) is 0 Å². The van der Waals surface area contributed by atoms with E-state index in [1.165, 1.54) is 6.20 Å². The minimum Gasteiger partial charge on any atom is -0.394 e. The van der Waals surface area contributed by atoms with E-state index in [2.05, 4.69) is 4.98 Å². The number of aliphatic hydroxyl groups is 3. The van der Waals surface area contributed by atoms with Gasteiger partial charge in [-0.05, 0) is 13.0 Å². The molecule has 0 radical (unpaired) electrons. The summed E-state index contributed by atoms with van der Waals surface area (Å²) in [5, 5.41) is 28.4. The molecule has 0 saturated carbocycles. The van der Waals surface area contributed by atoms with Crippen molar-refractivity contribution in [2.75, 3.05) is 6.61 Å². The first-order valence-electron chi connectivity index (χ1n) is 5.36. The van der Waals surface area contributed by atoms with Crippen molar-refractivity contribution in [3.05, 3.63) is 33.7 Å². The molecule has 1 fully saturated rings. The second kappa shape index (κ2) is 4.58. The summed E-state index contributed by atoms with van der Waals surface area (Å²) in [6.45, 7) is 1.28. The first-order chi connectivity index (χ1) is 8.04. The number of aromatic nitrogens is 1. The summed E-state index contributed by atoms with van der Waals surface area (Å²) in [5.74, 6) is 0. The van der Waals surface area contributed by atoms with Crippen molar-refractivity contribution in [3.8, 4) is 0 Å². The Labute approximate surface area is 97.5 Å². The Morgan fingerprint density at radius 3 is 2.65 bits per heavy atom. The maximum atomic E-state index is 11.2. The van der Waals surface area contributed by atoms with Crippen LogP contribution < -0.4 is 5.56 Å². The Morgan fingerprint density at radius 1 is 1.41 bits per heavy atom. The summed E-state index contributed by atoms with van der Waals surface area (Å²) in [6.07, 6.45) is -2.34. The van der Waals surface area contributed by atoms with E-state index in [-0.39, 0.29) is 12.2 Å². The van der Waals surface area contributed by atoms with E-state index in [0.29, 0.717) is 11.1 Å². The zero-order valence-electron chi connectivity index (χ0n) is 9.33. The number of ether oxygens (including phenoxy) is 1. The summed E-state index contributed by atoms with van der Waals surface area (Å²) in [6, 6.07) is 1.60. The molecule has 0 amide bonds. The fourth-order valence-electron chi connectivity index (χ4n) is 1.96. The second-order valence-electron chi connectivity index (χ2n) is 4.20. The minimum atomic E-state index is -1.13. The lowest BCUT2D eigenvalue weighted by molar-refractivity contribution is -0.0228. The molecule has 17 heavy (non-hydrogen) atoms. The summed E-state index contributed by atoms with van der Waals surface area (Å²) in [5.41, 5.74) is 0.866. The van der Waals surface area contributed by atoms with E-state index in [1.807, 2.05) is 0 Å². The number of nitrogens with one attached hydrogen (secondary N) is 1. The van der Waals surface area contributed by atoms with E-state index < -0.39 is 24.4 Å². The van der Waals surface area contributed by atoms with Crippen LogP contribution in [0.4, 0.5) is 0 Å². The number of hydrogen-bond acceptors (Lipinski definition) is 5. The monoisotopic (exact) mass is 241 g/mol. The molecule has 1 aromatic rings. The van der Waals surface area contributed by atoms with Crippen LogP contribution in [-0.2, 0) is 4.74 Å². The third-order valence-corrected chi connectivity index (χ3v) is 2.98. The quantitative estimate of drug-likeness (QED) is 0.523. The summed E-state index contributed by atoms with van der Waals surface area (Å²) < 4.78 is 5.34. The molecule has 1 aliphatic heterocycles. The number of pyridine rings is 1. The van der Waals surface area contributed by atoms with E-state index in [1.54, 1.807) is 13.0 Å². The summed E-state index contributed by atoms with van der Waals surface area (Å²) in [7, 11) is 0. The highest BCUT2D eigenvalue weighted by molar-refractivity contribution is 5.22. The zero-order chi connectivity index (χ0) is 12.6. The highest BCUT2D eigenvalue weighted by Crippen LogP contribution is 2.32. The van der Waals surface area contributed by atoms with Crippen molar-refractivity contribution in [2.45, 2.75) is 31.3 Å². The van der Waals surface area contributed by atoms with E-state index in [4.69, 9.17) is 9.84 Å². The van der Waals surface area contributed by atoms with Crippen LogP contribution in [0.1, 0.15) is 17.2 Å². The largest absolute Gasteiger partial charge is 0.394 e. The maximum Gasteiger partial charge on any atom is 0.250 e. The van der Waals surface area contributed by atoms with E-state index in [9.17, 15) is 15.0 Å². The molecule has 0 aliphatic carbocycles. The molecule has 2 rings (SSSR count). The smallest absolute Gasteiger partial charge is 0.250 e. The van der Waals surface area contributed by atoms with Gasteiger partial charge in [0.1, 0.15) is 24.4 Å². The zero-order valence-corrected chi connectivity index (χ0v) is 9.33. The third kappa shape index (κ3) is 2.12. The Hall–Kier alpha value is -1.21. The molecule has 0 aromatic carbocycles. The number of aliphatic hydroxyl groups excluding tert-OH is 3. The molecule has 4 N–H and O–H groups in total. The Bertz CT molecular complexity index is 457. The van der Waals surface area contributed by atoms with Crippen LogP contribution in [0.25, 0.3) is 0 Å². The molecule has 0 spiro atoms. The van der Waals surface area contributed by atoms with E-state index in [0.717, 1.165) is 0 Å². The number of rotatable bonds is 2. The molecule has 6 nitrogen and oxygen atoms in total. The molecular formula is C11H15NO5. The molecule has 1 aliphatic rings. The van der Waals surface area contributed by atoms with Crippen molar-refractivity contribution in [1.29, 1.82) is 0 Å². The first-order valence-corrected chi connectivity index (χ1v) is 5.36. The standard InChI is InChI=1S/C11H15NO5/c1-5-2-6(3-12-11(5)16)10-9(15)8(14)7(4-13)17-10/h2-3,7-10,13-15H,4H2,1H3,(H,12,16). The first kappa shape index (κ1) is 12.3. The Morgan fingerprint density at radius 2 is 2.12 bits per heavy atom. The SMILES string of the molecule is Cc1cc(C2OC(CO)C(O)C2O)c[nH]c1=O. The lowest BCUT2D eigenvalue weighted by Crippen LogP contribution is -2.32. The molecule has 1 saturated heterocycles. The van der Waals surface area contributed by atoms with Crippen LogP contribution in [-0.4, -0.2) is 45.2 Å². The molecule has 2 heterocycles. The highest BCUT2D eigenvalue weighted by Gasteiger charge is 2.43. The van der Waals surface area contributed by atoms with Gasteiger partial charge in [-0.25, -0.2) is 0 Å². The average Bonchev–Trinajstić information content (AvgIpc) is 2.60. The molecule has 6 heteroatoms. The van der Waals surface area contributed by atoms with Crippen molar-refractivity contribution < 1.29 is 20.1 Å². The van der Waals surface area contributed by atoms with Gasteiger partial charge in [-0.2, -0.15) is 0 Å². The highest BCUT2D eigenvalue weighted by atomic mass is 16.6. The van der Waals surface area contributed by atoms with Crippen LogP contribution in [0.2, 0.25) is 0 Å². The predicted octanol–water partition coefficient (Wildman–Crippen LogP) is -1.16. The van der Waals surface area contributed by atoms with Gasteiger partial charge in [0, 0.05) is 17.3 Å². The molecular weight excluding hydrogens is 226 g/mol. The van der Waals surface area contributed by atoms with Gasteiger partial charge in [-0.3, -0.25) is 4.79 Å². The number of aromatic amines is 1. The van der Waals surface area contributed by atoms with Gasteiger partial charge < -0.3 is 25.0 Å². The predicted molar refractivity (Wildman–Crippen MR) is 58.5 cm³/mol. The van der Waals surface area contributed by atoms with Crippen LogP contribution in [0.3, 0.4) is 0 Å². The number of H-pyrrole nitrogens is 1. The van der Waals surface area contributed by atoms with Crippen LogP contribution in [0.5, 0.6) is 0 Å². The molecule has 4 atom stereocenters. The summed E-state index contributed by atoms with van der Waals surface area (Å²) >= 11 is 0. The molecule has 4 unspecified atom stereocenters. The fourth-order valence-corrected chi connectivity index (χ4v) is 1.96. The van der Waals surface area contributed by atoms with Crippen LogP contribution in [0.15, 0.2) is 17.1 Å². The molecule has 0 bridgehead atoms. The Kier molecular flexibility index (Phi) is 3.30. The van der Waals surface area contributed by atoms with Gasteiger partial charge in [0.15, 0.2) is 0 Å². The van der Waals surface area contributed by atoms with Crippen molar-refractivity contribution in [1.82, 2.24) is 4.98 Å². The molecule has 94 valence electrons.